The highest BCUT2D eigenvalue weighted by molar-refractivity contribution is 5.83. The Morgan fingerprint density at radius 2 is 2.35 bits per heavy atom. The van der Waals surface area contributed by atoms with Crippen molar-refractivity contribution >= 4 is 23.2 Å². The largest absolute Gasteiger partial charge is 0.370 e. The van der Waals surface area contributed by atoms with Gasteiger partial charge in [0.1, 0.15) is 5.82 Å². The van der Waals surface area contributed by atoms with Crippen LogP contribution in [0.15, 0.2) is 12.1 Å². The summed E-state index contributed by atoms with van der Waals surface area (Å²) in [6.45, 7) is 3.82. The third-order valence-corrected chi connectivity index (χ3v) is 2.95. The third kappa shape index (κ3) is 3.14. The van der Waals surface area contributed by atoms with Crippen LogP contribution in [0.5, 0.6) is 0 Å². The van der Waals surface area contributed by atoms with Crippen LogP contribution in [0.4, 0.5) is 17.3 Å². The lowest BCUT2D eigenvalue weighted by Gasteiger charge is -2.27. The van der Waals surface area contributed by atoms with Crippen LogP contribution in [-0.2, 0) is 4.79 Å². The van der Waals surface area contributed by atoms with Crippen LogP contribution in [0, 0.1) is 10.1 Å². The molecule has 108 valence electrons. The number of anilines is 2. The Morgan fingerprint density at radius 1 is 1.55 bits per heavy atom. The number of nitro groups is 1. The van der Waals surface area contributed by atoms with E-state index in [-0.39, 0.29) is 24.0 Å². The van der Waals surface area contributed by atoms with Crippen molar-refractivity contribution in [3.05, 3.63) is 22.2 Å². The number of piperazine rings is 1. The molecule has 1 aliphatic rings. The van der Waals surface area contributed by atoms with E-state index in [0.717, 1.165) is 13.0 Å². The van der Waals surface area contributed by atoms with Gasteiger partial charge >= 0.3 is 5.69 Å². The van der Waals surface area contributed by atoms with Gasteiger partial charge in [-0.2, -0.15) is 0 Å². The van der Waals surface area contributed by atoms with E-state index in [2.05, 4.69) is 15.6 Å². The maximum absolute atomic E-state index is 11.4. The Labute approximate surface area is 116 Å². The van der Waals surface area contributed by atoms with E-state index >= 15 is 0 Å². The number of carbonyl (C=O) groups is 1. The van der Waals surface area contributed by atoms with Gasteiger partial charge in [0, 0.05) is 25.7 Å². The van der Waals surface area contributed by atoms with Crippen LogP contribution in [0.25, 0.3) is 0 Å². The molecule has 20 heavy (non-hydrogen) atoms. The van der Waals surface area contributed by atoms with Crippen molar-refractivity contribution in [1.29, 1.82) is 0 Å². The fourth-order valence-corrected chi connectivity index (χ4v) is 1.99. The van der Waals surface area contributed by atoms with Crippen molar-refractivity contribution in [2.45, 2.75) is 13.3 Å². The minimum atomic E-state index is -0.474. The summed E-state index contributed by atoms with van der Waals surface area (Å²) in [5.41, 5.74) is -0.0817. The van der Waals surface area contributed by atoms with Gasteiger partial charge in [-0.15, -0.1) is 0 Å². The number of aromatic nitrogens is 1. The molecule has 0 bridgehead atoms. The number of nitrogens with one attached hydrogen (secondary N) is 2. The second kappa shape index (κ2) is 6.18. The second-order valence-electron chi connectivity index (χ2n) is 4.49. The lowest BCUT2D eigenvalue weighted by Crippen LogP contribution is -2.48. The van der Waals surface area contributed by atoms with Gasteiger partial charge in [0.05, 0.1) is 11.5 Å². The number of hydrogen-bond acceptors (Lipinski definition) is 6. The highest BCUT2D eigenvalue weighted by Gasteiger charge is 2.25. The van der Waals surface area contributed by atoms with Crippen LogP contribution in [0.3, 0.4) is 0 Å². The number of nitrogens with zero attached hydrogens (tertiary/aromatic N) is 3. The second-order valence-corrected chi connectivity index (χ2v) is 4.49. The summed E-state index contributed by atoms with van der Waals surface area (Å²) in [6.07, 6.45) is 0.931. The molecule has 0 spiro atoms. The molecule has 2 N–H and O–H groups in total. The summed E-state index contributed by atoms with van der Waals surface area (Å²) in [7, 11) is 0. The Kier molecular flexibility index (Phi) is 4.34. The van der Waals surface area contributed by atoms with Crippen LogP contribution in [0.1, 0.15) is 13.3 Å². The van der Waals surface area contributed by atoms with Gasteiger partial charge in [0.25, 0.3) is 0 Å². The monoisotopic (exact) mass is 279 g/mol. The molecule has 2 rings (SSSR count). The number of carbonyl (C=O) groups excluding carboxylic acids is 1. The average molecular weight is 279 g/mol. The van der Waals surface area contributed by atoms with Crippen LogP contribution in [-0.4, -0.2) is 42.0 Å². The minimum Gasteiger partial charge on any atom is -0.370 e. The summed E-state index contributed by atoms with van der Waals surface area (Å²) in [5, 5.41) is 16.9. The van der Waals surface area contributed by atoms with Crippen LogP contribution in [0.2, 0.25) is 0 Å². The Morgan fingerprint density at radius 3 is 3.00 bits per heavy atom. The zero-order valence-electron chi connectivity index (χ0n) is 11.3. The predicted molar refractivity (Wildman–Crippen MR) is 74.9 cm³/mol. The quantitative estimate of drug-likeness (QED) is 0.609. The molecule has 8 heteroatoms. The van der Waals surface area contributed by atoms with Crippen molar-refractivity contribution < 1.29 is 9.72 Å². The van der Waals surface area contributed by atoms with Gasteiger partial charge < -0.3 is 15.5 Å². The van der Waals surface area contributed by atoms with E-state index in [9.17, 15) is 14.9 Å². The van der Waals surface area contributed by atoms with Gasteiger partial charge in [-0.1, -0.05) is 6.92 Å². The van der Waals surface area contributed by atoms with Crippen molar-refractivity contribution in [3.63, 3.8) is 0 Å². The van der Waals surface area contributed by atoms with Gasteiger partial charge in [-0.3, -0.25) is 14.9 Å². The molecule has 0 radical (unpaired) electrons. The zero-order valence-corrected chi connectivity index (χ0v) is 11.3. The van der Waals surface area contributed by atoms with Gasteiger partial charge in [-0.05, 0) is 12.5 Å². The number of amides is 1. The molecule has 1 fully saturated rings. The van der Waals surface area contributed by atoms with E-state index in [1.54, 1.807) is 11.0 Å². The predicted octanol–water partition coefficient (Wildman–Crippen LogP) is 0.748. The molecule has 0 saturated carbocycles. The van der Waals surface area contributed by atoms with Crippen molar-refractivity contribution in [2.75, 3.05) is 36.4 Å². The van der Waals surface area contributed by atoms with Crippen LogP contribution >= 0.6 is 0 Å². The Hall–Kier alpha value is -2.38. The molecular formula is C12H17N5O3. The average Bonchev–Trinajstić information content (AvgIpc) is 2.44. The number of rotatable bonds is 5. The number of pyridine rings is 1. The van der Waals surface area contributed by atoms with E-state index in [4.69, 9.17) is 0 Å². The lowest BCUT2D eigenvalue weighted by atomic mass is 10.3. The maximum atomic E-state index is 11.4. The molecule has 0 aliphatic carbocycles. The Bertz CT molecular complexity index is 520. The highest BCUT2D eigenvalue weighted by Crippen LogP contribution is 2.27. The first kappa shape index (κ1) is 14.0. The van der Waals surface area contributed by atoms with E-state index in [1.807, 2.05) is 6.92 Å². The molecule has 1 amide bonds. The standard InChI is InChI=1S/C12H17N5O3/c1-2-5-13-10-4-3-9(17(19)20)12(15-10)16-7-6-14-11(18)8-16/h3-4H,2,5-8H2,1H3,(H,13,15)(H,14,18). The first-order valence-electron chi connectivity index (χ1n) is 6.52. The fourth-order valence-electron chi connectivity index (χ4n) is 1.99. The van der Waals surface area contributed by atoms with Gasteiger partial charge in [0.2, 0.25) is 11.7 Å². The summed E-state index contributed by atoms with van der Waals surface area (Å²) in [5.74, 6) is 0.670. The Balaban J connectivity index is 2.30. The first-order chi connectivity index (χ1) is 9.61. The normalized spacial score (nSPS) is 14.8. The molecule has 0 atom stereocenters. The van der Waals surface area contributed by atoms with Crippen molar-refractivity contribution in [3.8, 4) is 0 Å². The van der Waals surface area contributed by atoms with E-state index in [1.165, 1.54) is 6.07 Å². The topological polar surface area (TPSA) is 100 Å². The lowest BCUT2D eigenvalue weighted by molar-refractivity contribution is -0.384. The molecule has 0 unspecified atom stereocenters. The molecule has 1 aromatic rings. The third-order valence-electron chi connectivity index (χ3n) is 2.95. The molecule has 1 aliphatic heterocycles. The first-order valence-corrected chi connectivity index (χ1v) is 6.52. The summed E-state index contributed by atoms with van der Waals surface area (Å²) < 4.78 is 0. The molecule has 0 aromatic carbocycles. The fraction of sp³-hybridized carbons (Fsp3) is 0.500. The minimum absolute atomic E-state index is 0.0817. The van der Waals surface area contributed by atoms with Gasteiger partial charge in [-0.25, -0.2) is 4.98 Å². The zero-order chi connectivity index (χ0) is 14.5. The van der Waals surface area contributed by atoms with E-state index in [0.29, 0.717) is 18.9 Å². The van der Waals surface area contributed by atoms with Crippen molar-refractivity contribution in [2.24, 2.45) is 0 Å². The SMILES string of the molecule is CCCNc1ccc([N+](=O)[O-])c(N2CCNC(=O)C2)n1. The molecule has 2 heterocycles. The van der Waals surface area contributed by atoms with E-state index < -0.39 is 4.92 Å². The van der Waals surface area contributed by atoms with Crippen LogP contribution < -0.4 is 15.5 Å². The summed E-state index contributed by atoms with van der Waals surface area (Å²) in [6, 6.07) is 3.01. The summed E-state index contributed by atoms with van der Waals surface area (Å²) in [4.78, 5) is 28.0. The smallest absolute Gasteiger partial charge is 0.311 e. The van der Waals surface area contributed by atoms with Crippen molar-refractivity contribution in [1.82, 2.24) is 10.3 Å². The molecular weight excluding hydrogens is 262 g/mol. The summed E-state index contributed by atoms with van der Waals surface area (Å²) >= 11 is 0. The van der Waals surface area contributed by atoms with Gasteiger partial charge in [0.15, 0.2) is 0 Å². The molecule has 1 saturated heterocycles. The highest BCUT2D eigenvalue weighted by atomic mass is 16.6. The number of hydrogen-bond donors (Lipinski definition) is 2. The maximum Gasteiger partial charge on any atom is 0.311 e. The molecule has 8 nitrogen and oxygen atoms in total. The molecule has 1 aromatic heterocycles.